The number of rotatable bonds is 8. The van der Waals surface area contributed by atoms with Crippen LogP contribution in [0.15, 0.2) is 42.5 Å². The van der Waals surface area contributed by atoms with Crippen LogP contribution in [0.25, 0.3) is 11.3 Å². The summed E-state index contributed by atoms with van der Waals surface area (Å²) in [5.41, 5.74) is 13.5. The third kappa shape index (κ3) is 5.03. The van der Waals surface area contributed by atoms with Gasteiger partial charge in [0.1, 0.15) is 0 Å². The Balaban J connectivity index is 1.60. The van der Waals surface area contributed by atoms with Gasteiger partial charge in [0, 0.05) is 60.8 Å². The van der Waals surface area contributed by atoms with E-state index in [4.69, 9.17) is 4.98 Å². The maximum atomic E-state index is 5.35. The maximum absolute atomic E-state index is 5.35. The number of hydrogen-bond acceptors (Lipinski definition) is 3. The number of fused-ring (bicyclic) bond motifs is 1. The molecule has 0 radical (unpaired) electrons. The molecule has 36 heavy (non-hydrogen) atoms. The number of nitrogens with zero attached hydrogens (tertiary/aromatic N) is 3. The van der Waals surface area contributed by atoms with Crippen molar-refractivity contribution in [3.05, 3.63) is 76.0 Å². The summed E-state index contributed by atoms with van der Waals surface area (Å²) >= 11 is 0. The molecule has 1 fully saturated rings. The van der Waals surface area contributed by atoms with Crippen LogP contribution in [-0.4, -0.2) is 24.6 Å². The summed E-state index contributed by atoms with van der Waals surface area (Å²) in [4.78, 5) is 10.6. The molecule has 1 aliphatic heterocycles. The number of aryl methyl sites for hydroxylation is 3. The van der Waals surface area contributed by atoms with Gasteiger partial charge in [-0.3, -0.25) is 4.98 Å². The van der Waals surface area contributed by atoms with Crippen LogP contribution in [0.5, 0.6) is 0 Å². The zero-order valence-corrected chi connectivity index (χ0v) is 23.2. The topological polar surface area (TPSA) is 19.4 Å². The average Bonchev–Trinajstić information content (AvgIpc) is 3.67. The van der Waals surface area contributed by atoms with Gasteiger partial charge in [0.2, 0.25) is 0 Å². The van der Waals surface area contributed by atoms with Crippen molar-refractivity contribution in [2.24, 2.45) is 5.92 Å². The number of hydrogen-bond donors (Lipinski definition) is 0. The molecule has 0 atom stereocenters. The Kier molecular flexibility index (Phi) is 7.10. The molecule has 0 unspecified atom stereocenters. The van der Waals surface area contributed by atoms with Crippen molar-refractivity contribution < 1.29 is 0 Å². The van der Waals surface area contributed by atoms with E-state index in [0.29, 0.717) is 5.92 Å². The van der Waals surface area contributed by atoms with Gasteiger partial charge < -0.3 is 9.80 Å². The quantitative estimate of drug-likeness (QED) is 0.325. The smallest absolute Gasteiger partial charge is 0.0731 e. The van der Waals surface area contributed by atoms with Gasteiger partial charge in [-0.1, -0.05) is 51.1 Å². The summed E-state index contributed by atoms with van der Waals surface area (Å²) in [6.07, 6.45) is 4.92. The molecule has 3 nitrogen and oxygen atoms in total. The second kappa shape index (κ2) is 10.3. The van der Waals surface area contributed by atoms with Gasteiger partial charge in [-0.2, -0.15) is 0 Å². The third-order valence-electron chi connectivity index (χ3n) is 8.14. The standard InChI is InChI=1S/C33H43N3/c1-7-16-35(20-26-12-13-26)32-19-30(33-24(5)9-8-10-25(33)6)34-29-15-17-36(21-28(29)32)31-18-27(22(2)3)14-11-23(31)4/h8-11,14,18-19,22,26H,7,12-13,15-17,20-21H2,1-6H3. The van der Waals surface area contributed by atoms with Gasteiger partial charge in [-0.25, -0.2) is 0 Å². The van der Waals surface area contributed by atoms with Crippen LogP contribution in [0, 0.1) is 26.7 Å². The minimum atomic E-state index is 0.539. The molecular weight excluding hydrogens is 438 g/mol. The largest absolute Gasteiger partial charge is 0.371 e. The Morgan fingerprint density at radius 2 is 1.75 bits per heavy atom. The Bertz CT molecular complexity index is 1220. The Hall–Kier alpha value is -2.81. The third-order valence-corrected chi connectivity index (χ3v) is 8.14. The molecule has 2 aliphatic rings. The van der Waals surface area contributed by atoms with Crippen molar-refractivity contribution in [2.45, 2.75) is 79.7 Å². The summed E-state index contributed by atoms with van der Waals surface area (Å²) in [5.74, 6) is 1.39. The van der Waals surface area contributed by atoms with Gasteiger partial charge in [0.25, 0.3) is 0 Å². The van der Waals surface area contributed by atoms with E-state index in [-0.39, 0.29) is 0 Å². The van der Waals surface area contributed by atoms with Crippen LogP contribution in [0.1, 0.15) is 79.5 Å². The highest BCUT2D eigenvalue weighted by molar-refractivity contribution is 5.74. The fourth-order valence-corrected chi connectivity index (χ4v) is 5.85. The van der Waals surface area contributed by atoms with E-state index in [1.165, 1.54) is 76.3 Å². The number of pyridine rings is 1. The van der Waals surface area contributed by atoms with Crippen molar-refractivity contribution in [3.63, 3.8) is 0 Å². The highest BCUT2D eigenvalue weighted by Gasteiger charge is 2.29. The lowest BCUT2D eigenvalue weighted by atomic mass is 9.94. The van der Waals surface area contributed by atoms with E-state index in [2.05, 4.69) is 93.8 Å². The summed E-state index contributed by atoms with van der Waals surface area (Å²) in [6.45, 7) is 17.9. The van der Waals surface area contributed by atoms with Crippen LogP contribution in [-0.2, 0) is 13.0 Å². The van der Waals surface area contributed by atoms with Gasteiger partial charge in [0.15, 0.2) is 0 Å². The Morgan fingerprint density at radius 3 is 2.42 bits per heavy atom. The average molecular weight is 482 g/mol. The van der Waals surface area contributed by atoms with E-state index in [1.807, 2.05) is 0 Å². The van der Waals surface area contributed by atoms with E-state index >= 15 is 0 Å². The lowest BCUT2D eigenvalue weighted by molar-refractivity contribution is 0.677. The van der Waals surface area contributed by atoms with E-state index < -0.39 is 0 Å². The molecule has 1 aliphatic carbocycles. The number of aromatic nitrogens is 1. The first-order valence-corrected chi connectivity index (χ1v) is 14.1. The molecule has 0 N–H and O–H groups in total. The second-order valence-electron chi connectivity index (χ2n) is 11.5. The van der Waals surface area contributed by atoms with Gasteiger partial charge in [-0.05, 0) is 86.3 Å². The first-order chi connectivity index (χ1) is 17.4. The molecular formula is C33H43N3. The minimum Gasteiger partial charge on any atom is -0.371 e. The fraction of sp³-hybridized carbons (Fsp3) is 0.485. The highest BCUT2D eigenvalue weighted by atomic mass is 15.2. The van der Waals surface area contributed by atoms with Crippen molar-refractivity contribution >= 4 is 11.4 Å². The number of benzene rings is 2. The molecule has 1 saturated carbocycles. The highest BCUT2D eigenvalue weighted by Crippen LogP contribution is 2.39. The van der Waals surface area contributed by atoms with Crippen molar-refractivity contribution in [1.29, 1.82) is 0 Å². The minimum absolute atomic E-state index is 0.539. The molecule has 5 rings (SSSR count). The molecule has 0 spiro atoms. The van der Waals surface area contributed by atoms with E-state index in [9.17, 15) is 0 Å². The zero-order chi connectivity index (χ0) is 25.4. The first kappa shape index (κ1) is 24.9. The summed E-state index contributed by atoms with van der Waals surface area (Å²) in [6, 6.07) is 16.1. The van der Waals surface area contributed by atoms with Gasteiger partial charge in [-0.15, -0.1) is 0 Å². The van der Waals surface area contributed by atoms with Crippen LogP contribution in [0.2, 0.25) is 0 Å². The van der Waals surface area contributed by atoms with Crippen LogP contribution in [0.3, 0.4) is 0 Å². The summed E-state index contributed by atoms with van der Waals surface area (Å²) in [5, 5.41) is 0. The fourth-order valence-electron chi connectivity index (χ4n) is 5.85. The normalized spacial score (nSPS) is 15.4. The van der Waals surface area contributed by atoms with Crippen LogP contribution in [0.4, 0.5) is 11.4 Å². The lowest BCUT2D eigenvalue weighted by Gasteiger charge is -2.36. The van der Waals surface area contributed by atoms with E-state index in [0.717, 1.165) is 37.7 Å². The SMILES string of the molecule is CCCN(CC1CC1)c1cc(-c2c(C)cccc2C)nc2c1CN(c1cc(C(C)C)ccc1C)CC2. The van der Waals surface area contributed by atoms with Crippen LogP contribution >= 0.6 is 0 Å². The molecule has 190 valence electrons. The Labute approximate surface area is 218 Å². The lowest BCUT2D eigenvalue weighted by Crippen LogP contribution is -2.35. The van der Waals surface area contributed by atoms with E-state index in [1.54, 1.807) is 0 Å². The predicted octanol–water partition coefficient (Wildman–Crippen LogP) is 7.99. The first-order valence-electron chi connectivity index (χ1n) is 14.1. The van der Waals surface area contributed by atoms with Gasteiger partial charge >= 0.3 is 0 Å². The number of anilines is 2. The predicted molar refractivity (Wildman–Crippen MR) is 154 cm³/mol. The monoisotopic (exact) mass is 481 g/mol. The molecule has 2 aromatic carbocycles. The molecule has 0 amide bonds. The van der Waals surface area contributed by atoms with Gasteiger partial charge in [0.05, 0.1) is 5.69 Å². The molecule has 3 aromatic rings. The molecule has 0 bridgehead atoms. The maximum Gasteiger partial charge on any atom is 0.0731 e. The summed E-state index contributed by atoms with van der Waals surface area (Å²) in [7, 11) is 0. The zero-order valence-electron chi connectivity index (χ0n) is 23.2. The second-order valence-corrected chi connectivity index (χ2v) is 11.5. The molecule has 0 saturated heterocycles. The van der Waals surface area contributed by atoms with Crippen molar-refractivity contribution in [1.82, 2.24) is 4.98 Å². The van der Waals surface area contributed by atoms with Crippen LogP contribution < -0.4 is 9.80 Å². The molecule has 3 heteroatoms. The van der Waals surface area contributed by atoms with Crippen molar-refractivity contribution in [3.8, 4) is 11.3 Å². The summed E-state index contributed by atoms with van der Waals surface area (Å²) < 4.78 is 0. The van der Waals surface area contributed by atoms with Crippen molar-refractivity contribution in [2.75, 3.05) is 29.4 Å². The molecule has 2 heterocycles. The molecule has 1 aromatic heterocycles. The Morgan fingerprint density at radius 1 is 1.00 bits per heavy atom.